The second-order valence-electron chi connectivity index (χ2n) is 4.29. The summed E-state index contributed by atoms with van der Waals surface area (Å²) in [5, 5.41) is 14.3. The summed E-state index contributed by atoms with van der Waals surface area (Å²) in [6.07, 6.45) is 2.55. The molecular weight excluding hydrogens is 233 g/mol. The van der Waals surface area contributed by atoms with Crippen molar-refractivity contribution in [1.29, 1.82) is 5.26 Å². The van der Waals surface area contributed by atoms with Crippen molar-refractivity contribution >= 4 is 11.6 Å². The lowest BCUT2D eigenvalue weighted by molar-refractivity contribution is -0.121. The first kappa shape index (κ1) is 12.4. The maximum Gasteiger partial charge on any atom is 0.242 e. The Morgan fingerprint density at radius 1 is 1.44 bits per heavy atom. The van der Waals surface area contributed by atoms with Crippen LogP contribution in [-0.4, -0.2) is 18.5 Å². The molecule has 18 heavy (non-hydrogen) atoms. The molecule has 0 saturated carbocycles. The van der Waals surface area contributed by atoms with E-state index >= 15 is 0 Å². The number of amides is 1. The molecule has 1 aromatic rings. The normalized spacial score (nSPS) is 19.6. The highest BCUT2D eigenvalue weighted by molar-refractivity contribution is 5.84. The summed E-state index contributed by atoms with van der Waals surface area (Å²) >= 11 is 0. The lowest BCUT2D eigenvalue weighted by Crippen LogP contribution is -2.38. The zero-order valence-electron chi connectivity index (χ0n) is 9.87. The van der Waals surface area contributed by atoms with Gasteiger partial charge in [0, 0.05) is 6.54 Å². The van der Waals surface area contributed by atoms with Crippen LogP contribution in [0.4, 0.5) is 10.1 Å². The van der Waals surface area contributed by atoms with Crippen LogP contribution in [0.5, 0.6) is 0 Å². The molecule has 4 nitrogen and oxygen atoms in total. The van der Waals surface area contributed by atoms with Crippen LogP contribution in [0.15, 0.2) is 18.2 Å². The monoisotopic (exact) mass is 247 g/mol. The zero-order valence-corrected chi connectivity index (χ0v) is 9.87. The molecule has 0 aromatic heterocycles. The molecule has 1 fully saturated rings. The highest BCUT2D eigenvalue weighted by atomic mass is 19.1. The molecule has 0 radical (unpaired) electrons. The maximum atomic E-state index is 13.7. The van der Waals surface area contributed by atoms with Gasteiger partial charge in [0.15, 0.2) is 0 Å². The minimum Gasteiger partial charge on any atom is -0.371 e. The number of nitrogens with zero attached hydrogens (tertiary/aromatic N) is 1. The first-order valence-electron chi connectivity index (χ1n) is 5.94. The Bertz CT molecular complexity index is 495. The van der Waals surface area contributed by atoms with Crippen LogP contribution in [0.3, 0.4) is 0 Å². The van der Waals surface area contributed by atoms with Crippen LogP contribution in [0.25, 0.3) is 0 Å². The smallest absolute Gasteiger partial charge is 0.242 e. The Labute approximate surface area is 105 Å². The van der Waals surface area contributed by atoms with E-state index in [2.05, 4.69) is 10.6 Å². The van der Waals surface area contributed by atoms with E-state index in [4.69, 9.17) is 5.26 Å². The molecule has 94 valence electrons. The molecule has 1 amide bonds. The van der Waals surface area contributed by atoms with Crippen molar-refractivity contribution in [3.8, 4) is 6.07 Å². The average molecular weight is 247 g/mol. The Morgan fingerprint density at radius 3 is 3.00 bits per heavy atom. The predicted octanol–water partition coefficient (Wildman–Crippen LogP) is 1.78. The molecule has 0 aliphatic carbocycles. The van der Waals surface area contributed by atoms with Crippen LogP contribution < -0.4 is 10.6 Å². The van der Waals surface area contributed by atoms with Gasteiger partial charge in [-0.3, -0.25) is 4.79 Å². The van der Waals surface area contributed by atoms with Gasteiger partial charge in [0.1, 0.15) is 11.9 Å². The highest BCUT2D eigenvalue weighted by Crippen LogP contribution is 2.18. The summed E-state index contributed by atoms with van der Waals surface area (Å²) in [5.74, 6) is -0.609. The Kier molecular flexibility index (Phi) is 3.78. The quantitative estimate of drug-likeness (QED) is 0.837. The largest absolute Gasteiger partial charge is 0.371 e. The number of carbonyl (C=O) groups is 1. The molecule has 1 unspecified atom stereocenters. The van der Waals surface area contributed by atoms with E-state index in [1.54, 1.807) is 0 Å². The fourth-order valence-corrected chi connectivity index (χ4v) is 1.97. The van der Waals surface area contributed by atoms with Gasteiger partial charge in [-0.1, -0.05) is 0 Å². The van der Waals surface area contributed by atoms with Gasteiger partial charge in [0.05, 0.1) is 17.3 Å². The van der Waals surface area contributed by atoms with Gasteiger partial charge in [-0.05, 0) is 37.5 Å². The number of nitrogens with one attached hydrogen (secondary N) is 2. The number of anilines is 1. The van der Waals surface area contributed by atoms with Gasteiger partial charge in [-0.25, -0.2) is 4.39 Å². The van der Waals surface area contributed by atoms with E-state index in [0.29, 0.717) is 13.0 Å². The molecule has 1 aromatic carbocycles. The van der Waals surface area contributed by atoms with Gasteiger partial charge < -0.3 is 10.6 Å². The molecule has 1 atom stereocenters. The molecule has 1 heterocycles. The number of benzene rings is 1. The first-order valence-corrected chi connectivity index (χ1v) is 5.94. The second kappa shape index (κ2) is 5.50. The summed E-state index contributed by atoms with van der Waals surface area (Å²) in [6.45, 7) is 0.673. The summed E-state index contributed by atoms with van der Waals surface area (Å²) in [5.41, 5.74) is 0.527. The minimum atomic E-state index is -0.508. The zero-order chi connectivity index (χ0) is 13.0. The van der Waals surface area contributed by atoms with Gasteiger partial charge >= 0.3 is 0 Å². The van der Waals surface area contributed by atoms with E-state index < -0.39 is 11.9 Å². The van der Waals surface area contributed by atoms with E-state index in [0.717, 1.165) is 18.9 Å². The van der Waals surface area contributed by atoms with Crippen LogP contribution in [0.1, 0.15) is 24.8 Å². The summed E-state index contributed by atoms with van der Waals surface area (Å²) < 4.78 is 13.7. The van der Waals surface area contributed by atoms with Crippen LogP contribution in [-0.2, 0) is 4.79 Å². The number of nitriles is 1. The summed E-state index contributed by atoms with van der Waals surface area (Å²) in [7, 11) is 0. The van der Waals surface area contributed by atoms with Crippen molar-refractivity contribution in [2.75, 3.05) is 11.9 Å². The molecule has 1 aliphatic heterocycles. The third kappa shape index (κ3) is 2.77. The number of hydrogen-bond donors (Lipinski definition) is 2. The molecule has 1 aliphatic rings. The maximum absolute atomic E-state index is 13.7. The third-order valence-electron chi connectivity index (χ3n) is 2.96. The molecule has 0 spiro atoms. The fourth-order valence-electron chi connectivity index (χ4n) is 1.97. The topological polar surface area (TPSA) is 64.9 Å². The van der Waals surface area contributed by atoms with Crippen LogP contribution in [0, 0.1) is 17.1 Å². The van der Waals surface area contributed by atoms with Gasteiger partial charge in [-0.2, -0.15) is 5.26 Å². The van der Waals surface area contributed by atoms with Crippen LogP contribution >= 0.6 is 0 Å². The van der Waals surface area contributed by atoms with Crippen molar-refractivity contribution in [3.05, 3.63) is 29.6 Å². The minimum absolute atomic E-state index is 0.101. The summed E-state index contributed by atoms with van der Waals surface area (Å²) in [6, 6.07) is 5.65. The van der Waals surface area contributed by atoms with E-state index in [9.17, 15) is 9.18 Å². The number of carbonyl (C=O) groups excluding carboxylic acids is 1. The first-order chi connectivity index (χ1) is 8.70. The van der Waals surface area contributed by atoms with Crippen molar-refractivity contribution in [1.82, 2.24) is 5.32 Å². The molecule has 0 bridgehead atoms. The van der Waals surface area contributed by atoms with Crippen molar-refractivity contribution in [2.24, 2.45) is 0 Å². The number of halogens is 1. The Hall–Kier alpha value is -2.09. The van der Waals surface area contributed by atoms with Gasteiger partial charge in [0.25, 0.3) is 0 Å². The number of hydrogen-bond acceptors (Lipinski definition) is 3. The predicted molar refractivity (Wildman–Crippen MR) is 65.4 cm³/mol. The standard InChI is InChI=1S/C13H14FN3O/c14-10-7-9(8-15)4-5-11(10)17-12-3-1-2-6-16-13(12)18/h4-5,7,12,17H,1-3,6H2,(H,16,18). The molecule has 2 N–H and O–H groups in total. The molecule has 5 heteroatoms. The van der Waals surface area contributed by atoms with Gasteiger partial charge in [-0.15, -0.1) is 0 Å². The lowest BCUT2D eigenvalue weighted by Gasteiger charge is -2.16. The fraction of sp³-hybridized carbons (Fsp3) is 0.385. The molecule has 2 rings (SSSR count). The SMILES string of the molecule is N#Cc1ccc(NC2CCCCNC2=O)c(F)c1. The van der Waals surface area contributed by atoms with E-state index in [-0.39, 0.29) is 17.2 Å². The highest BCUT2D eigenvalue weighted by Gasteiger charge is 2.21. The average Bonchev–Trinajstić information content (AvgIpc) is 2.57. The summed E-state index contributed by atoms with van der Waals surface area (Å²) in [4.78, 5) is 11.7. The number of rotatable bonds is 2. The van der Waals surface area contributed by atoms with Crippen molar-refractivity contribution < 1.29 is 9.18 Å². The molecular formula is C13H14FN3O. The molecule has 1 saturated heterocycles. The second-order valence-corrected chi connectivity index (χ2v) is 4.29. The van der Waals surface area contributed by atoms with E-state index in [1.807, 2.05) is 6.07 Å². The van der Waals surface area contributed by atoms with Crippen LogP contribution in [0.2, 0.25) is 0 Å². The van der Waals surface area contributed by atoms with Crippen molar-refractivity contribution in [3.63, 3.8) is 0 Å². The third-order valence-corrected chi connectivity index (χ3v) is 2.96. The van der Waals surface area contributed by atoms with Crippen molar-refractivity contribution in [2.45, 2.75) is 25.3 Å². The van der Waals surface area contributed by atoms with E-state index in [1.165, 1.54) is 12.1 Å². The lowest BCUT2D eigenvalue weighted by atomic mass is 10.1. The Morgan fingerprint density at radius 2 is 2.28 bits per heavy atom. The Balaban J connectivity index is 2.13. The van der Waals surface area contributed by atoms with Gasteiger partial charge in [0.2, 0.25) is 5.91 Å².